The molecule has 0 amide bonds. The fraction of sp³-hybridized carbons (Fsp3) is 0.545. The van der Waals surface area contributed by atoms with Gasteiger partial charge in [0, 0.05) is 13.7 Å². The van der Waals surface area contributed by atoms with Gasteiger partial charge in [-0.25, -0.2) is 0 Å². The molecule has 0 aliphatic heterocycles. The molecule has 1 aromatic rings. The summed E-state index contributed by atoms with van der Waals surface area (Å²) >= 11 is 0. The largest absolute Gasteiger partial charge is 0.348 e. The van der Waals surface area contributed by atoms with Crippen molar-refractivity contribution in [1.29, 1.82) is 0 Å². The number of ether oxygens (including phenoxy) is 2. The lowest BCUT2D eigenvalue weighted by Gasteiger charge is -2.36. The molecule has 144 valence electrons. The molecule has 4 nitrogen and oxygen atoms in total. The predicted octanol–water partition coefficient (Wildman–Crippen LogP) is 3.88. The predicted molar refractivity (Wildman–Crippen MR) is 108 cm³/mol. The maximum Gasteiger partial charge on any atom is 0.207 e. The first-order valence-electron chi connectivity index (χ1n) is 9.74. The van der Waals surface area contributed by atoms with Crippen LogP contribution < -0.4 is 5.73 Å². The van der Waals surface area contributed by atoms with Gasteiger partial charge < -0.3 is 20.1 Å². The van der Waals surface area contributed by atoms with Crippen LogP contribution in [0.5, 0.6) is 0 Å². The number of benzene rings is 1. The van der Waals surface area contributed by atoms with Crippen molar-refractivity contribution in [3.05, 3.63) is 59.7 Å². The van der Waals surface area contributed by atoms with E-state index in [0.29, 0.717) is 6.61 Å². The van der Waals surface area contributed by atoms with Crippen LogP contribution in [0.25, 0.3) is 0 Å². The van der Waals surface area contributed by atoms with Crippen molar-refractivity contribution in [2.24, 2.45) is 5.73 Å². The number of rotatable bonds is 11. The van der Waals surface area contributed by atoms with E-state index in [9.17, 15) is 0 Å². The van der Waals surface area contributed by atoms with Crippen molar-refractivity contribution in [1.82, 2.24) is 4.90 Å². The van der Waals surface area contributed by atoms with Crippen LogP contribution in [0.2, 0.25) is 0 Å². The molecule has 0 radical (unpaired) electrons. The van der Waals surface area contributed by atoms with E-state index in [1.165, 1.54) is 18.4 Å². The van der Waals surface area contributed by atoms with E-state index in [1.807, 2.05) is 36.4 Å². The average Bonchev–Trinajstić information content (AvgIpc) is 2.67. The van der Waals surface area contributed by atoms with E-state index in [-0.39, 0.29) is 6.04 Å². The Labute approximate surface area is 158 Å². The van der Waals surface area contributed by atoms with Crippen LogP contribution in [-0.2, 0) is 16.1 Å². The third kappa shape index (κ3) is 5.78. The Balaban J connectivity index is 1.94. The molecule has 1 aliphatic rings. The molecular formula is C22H34N2O2. The van der Waals surface area contributed by atoms with Crippen LogP contribution in [-0.4, -0.2) is 43.5 Å². The minimum absolute atomic E-state index is 0.318. The zero-order chi connectivity index (χ0) is 18.8. The van der Waals surface area contributed by atoms with E-state index in [4.69, 9.17) is 15.2 Å². The third-order valence-electron chi connectivity index (χ3n) is 4.81. The van der Waals surface area contributed by atoms with Crippen LogP contribution in [0.1, 0.15) is 38.7 Å². The van der Waals surface area contributed by atoms with Gasteiger partial charge >= 0.3 is 0 Å². The highest BCUT2D eigenvalue weighted by atomic mass is 16.7. The Morgan fingerprint density at radius 2 is 1.77 bits per heavy atom. The Hall–Kier alpha value is -1.46. The highest BCUT2D eigenvalue weighted by Gasteiger charge is 2.36. The molecule has 0 spiro atoms. The lowest BCUT2D eigenvalue weighted by Crippen LogP contribution is -2.50. The summed E-state index contributed by atoms with van der Waals surface area (Å²) in [5, 5.41) is 0. The quantitative estimate of drug-likeness (QED) is 0.610. The van der Waals surface area contributed by atoms with Gasteiger partial charge in [0.2, 0.25) is 5.79 Å². The number of hydrogen-bond donors (Lipinski definition) is 1. The SMILES string of the molecule is CCCN(CCC)CCC1=CC(N)C(OC)(OCc2ccccc2)C=C1. The third-order valence-corrected chi connectivity index (χ3v) is 4.81. The Morgan fingerprint density at radius 3 is 2.35 bits per heavy atom. The van der Waals surface area contributed by atoms with Gasteiger partial charge in [0.25, 0.3) is 0 Å². The topological polar surface area (TPSA) is 47.7 Å². The normalized spacial score (nSPS) is 22.7. The van der Waals surface area contributed by atoms with Crippen molar-refractivity contribution in [3.8, 4) is 0 Å². The van der Waals surface area contributed by atoms with Gasteiger partial charge in [-0.2, -0.15) is 0 Å². The number of allylic oxidation sites excluding steroid dienone is 1. The van der Waals surface area contributed by atoms with Gasteiger partial charge in [-0.05, 0) is 49.6 Å². The Bertz CT molecular complexity index is 579. The van der Waals surface area contributed by atoms with Crippen LogP contribution >= 0.6 is 0 Å². The number of nitrogens with zero attached hydrogens (tertiary/aromatic N) is 1. The van der Waals surface area contributed by atoms with Crippen molar-refractivity contribution < 1.29 is 9.47 Å². The molecule has 2 rings (SSSR count). The molecule has 0 saturated heterocycles. The van der Waals surface area contributed by atoms with Gasteiger partial charge in [0.05, 0.1) is 12.6 Å². The summed E-state index contributed by atoms with van der Waals surface area (Å²) in [6.45, 7) is 8.30. The number of methoxy groups -OCH3 is 1. The Morgan fingerprint density at radius 1 is 1.08 bits per heavy atom. The van der Waals surface area contributed by atoms with Gasteiger partial charge in [0.1, 0.15) is 0 Å². The summed E-state index contributed by atoms with van der Waals surface area (Å²) in [5.41, 5.74) is 8.77. The standard InChI is InChI=1S/C22H34N2O2/c1-4-14-24(15-5-2)16-12-19-11-13-22(25-3,21(23)17-19)26-18-20-9-7-6-8-10-20/h6-11,13,17,21H,4-5,12,14-16,18,23H2,1-3H3. The fourth-order valence-electron chi connectivity index (χ4n) is 3.34. The number of hydrogen-bond acceptors (Lipinski definition) is 4. The van der Waals surface area contributed by atoms with Crippen molar-refractivity contribution >= 4 is 0 Å². The average molecular weight is 359 g/mol. The summed E-state index contributed by atoms with van der Waals surface area (Å²) in [7, 11) is 1.65. The van der Waals surface area contributed by atoms with Crippen LogP contribution in [0.3, 0.4) is 0 Å². The molecule has 0 bridgehead atoms. The molecule has 0 saturated carbocycles. The van der Waals surface area contributed by atoms with E-state index in [0.717, 1.165) is 31.6 Å². The smallest absolute Gasteiger partial charge is 0.207 e. The lowest BCUT2D eigenvalue weighted by molar-refractivity contribution is -0.201. The molecule has 2 atom stereocenters. The van der Waals surface area contributed by atoms with E-state index in [2.05, 4.69) is 30.9 Å². The lowest BCUT2D eigenvalue weighted by atomic mass is 9.95. The molecule has 4 heteroatoms. The second kappa shape index (κ2) is 10.6. The van der Waals surface area contributed by atoms with Crippen LogP contribution in [0.15, 0.2) is 54.1 Å². The first-order chi connectivity index (χ1) is 12.6. The van der Waals surface area contributed by atoms with E-state index >= 15 is 0 Å². The first kappa shape index (κ1) is 20.8. The number of nitrogens with two attached hydrogens (primary N) is 1. The summed E-state index contributed by atoms with van der Waals surface area (Å²) in [4.78, 5) is 2.52. The minimum Gasteiger partial charge on any atom is -0.348 e. The summed E-state index contributed by atoms with van der Waals surface area (Å²) in [5.74, 6) is -0.897. The van der Waals surface area contributed by atoms with E-state index < -0.39 is 5.79 Å². The molecule has 26 heavy (non-hydrogen) atoms. The molecule has 1 aliphatic carbocycles. The van der Waals surface area contributed by atoms with E-state index in [1.54, 1.807) is 7.11 Å². The van der Waals surface area contributed by atoms with Crippen molar-refractivity contribution in [2.45, 2.75) is 51.5 Å². The van der Waals surface area contributed by atoms with Gasteiger partial charge in [-0.1, -0.05) is 56.3 Å². The molecule has 0 aromatic heterocycles. The first-order valence-corrected chi connectivity index (χ1v) is 9.74. The second-order valence-corrected chi connectivity index (χ2v) is 6.89. The highest BCUT2D eigenvalue weighted by molar-refractivity contribution is 5.31. The minimum atomic E-state index is -0.897. The van der Waals surface area contributed by atoms with Crippen LogP contribution in [0, 0.1) is 0 Å². The molecule has 1 aromatic carbocycles. The Kier molecular flexibility index (Phi) is 8.52. The summed E-state index contributed by atoms with van der Waals surface area (Å²) < 4.78 is 11.8. The van der Waals surface area contributed by atoms with Crippen molar-refractivity contribution in [3.63, 3.8) is 0 Å². The molecular weight excluding hydrogens is 324 g/mol. The van der Waals surface area contributed by atoms with Gasteiger partial charge in [-0.3, -0.25) is 0 Å². The zero-order valence-corrected chi connectivity index (χ0v) is 16.5. The highest BCUT2D eigenvalue weighted by Crippen LogP contribution is 2.27. The molecule has 0 heterocycles. The molecule has 2 unspecified atom stereocenters. The summed E-state index contributed by atoms with van der Waals surface area (Å²) in [6.07, 6.45) is 9.55. The summed E-state index contributed by atoms with van der Waals surface area (Å²) in [6, 6.07) is 9.77. The fourth-order valence-corrected chi connectivity index (χ4v) is 3.34. The maximum absolute atomic E-state index is 6.41. The monoisotopic (exact) mass is 358 g/mol. The van der Waals surface area contributed by atoms with Gasteiger partial charge in [0.15, 0.2) is 0 Å². The van der Waals surface area contributed by atoms with Crippen LogP contribution in [0.4, 0.5) is 0 Å². The second-order valence-electron chi connectivity index (χ2n) is 6.89. The molecule has 2 N–H and O–H groups in total. The zero-order valence-electron chi connectivity index (χ0n) is 16.5. The van der Waals surface area contributed by atoms with Crippen molar-refractivity contribution in [2.75, 3.05) is 26.7 Å². The molecule has 0 fully saturated rings. The van der Waals surface area contributed by atoms with Gasteiger partial charge in [-0.15, -0.1) is 0 Å². The maximum atomic E-state index is 6.41.